The molecule has 1 aromatic carbocycles. The fourth-order valence-corrected chi connectivity index (χ4v) is 0.997. The van der Waals surface area contributed by atoms with Crippen LogP contribution < -0.4 is 10.6 Å². The largest absolute Gasteiger partial charge is 0.416 e. The predicted octanol–water partition coefficient (Wildman–Crippen LogP) is 2.85. The zero-order valence-corrected chi connectivity index (χ0v) is 7.08. The van der Waals surface area contributed by atoms with Crippen LogP contribution in [0.15, 0.2) is 18.2 Å². The van der Waals surface area contributed by atoms with E-state index in [9.17, 15) is 13.2 Å². The summed E-state index contributed by atoms with van der Waals surface area (Å²) >= 11 is 5.19. The Kier molecular flexibility index (Phi) is 2.56. The second kappa shape index (κ2) is 3.33. The Morgan fingerprint density at radius 2 is 1.92 bits per heavy atom. The number of nitrogen functional groups attached to an aromatic ring is 1. The first-order valence-electron chi connectivity index (χ1n) is 3.28. The topological polar surface area (TPSA) is 38.0 Å². The molecule has 3 N–H and O–H groups in total. The lowest BCUT2D eigenvalue weighted by molar-refractivity contribution is -0.137. The molecular formula is C7H6ClF3N2. The number of benzene rings is 1. The highest BCUT2D eigenvalue weighted by atomic mass is 35.5. The zero-order chi connectivity index (χ0) is 10.1. The minimum absolute atomic E-state index is 0.0372. The number of rotatable bonds is 1. The highest BCUT2D eigenvalue weighted by Crippen LogP contribution is 2.32. The van der Waals surface area contributed by atoms with Gasteiger partial charge in [0, 0.05) is 11.8 Å². The van der Waals surface area contributed by atoms with E-state index in [4.69, 9.17) is 17.5 Å². The monoisotopic (exact) mass is 210 g/mol. The molecule has 0 heterocycles. The third-order valence-electron chi connectivity index (χ3n) is 1.48. The number of nitrogens with two attached hydrogens (primary N) is 1. The van der Waals surface area contributed by atoms with Crippen LogP contribution in [-0.4, -0.2) is 0 Å². The van der Waals surface area contributed by atoms with Crippen molar-refractivity contribution in [3.8, 4) is 0 Å². The third kappa shape index (κ3) is 2.18. The van der Waals surface area contributed by atoms with Crippen LogP contribution in [0.1, 0.15) is 5.56 Å². The molecule has 0 amide bonds. The van der Waals surface area contributed by atoms with Crippen molar-refractivity contribution in [2.75, 3.05) is 10.6 Å². The number of nitrogens with one attached hydrogen (secondary N) is 1. The van der Waals surface area contributed by atoms with Gasteiger partial charge in [0.15, 0.2) is 0 Å². The Morgan fingerprint density at radius 3 is 2.31 bits per heavy atom. The van der Waals surface area contributed by atoms with Gasteiger partial charge in [-0.15, -0.1) is 0 Å². The lowest BCUT2D eigenvalue weighted by Gasteiger charge is -2.09. The Bertz CT molecular complexity index is 311. The number of hydrogen-bond donors (Lipinski definition) is 2. The number of alkyl halides is 3. The standard InChI is InChI=1S/C7H6ClF3N2/c8-13-6-2-1-4(3-5(6)12)7(9,10)11/h1-3,13H,12H2. The van der Waals surface area contributed by atoms with Crippen molar-refractivity contribution in [2.24, 2.45) is 0 Å². The smallest absolute Gasteiger partial charge is 0.397 e. The Morgan fingerprint density at radius 1 is 1.31 bits per heavy atom. The van der Waals surface area contributed by atoms with Crippen molar-refractivity contribution < 1.29 is 13.2 Å². The van der Waals surface area contributed by atoms with Gasteiger partial charge in [-0.25, -0.2) is 0 Å². The average Bonchev–Trinajstić information content (AvgIpc) is 2.02. The fourth-order valence-electron chi connectivity index (χ4n) is 0.825. The predicted molar refractivity (Wildman–Crippen MR) is 45.3 cm³/mol. The maximum atomic E-state index is 12.1. The lowest BCUT2D eigenvalue weighted by Crippen LogP contribution is -2.06. The molecule has 0 atom stereocenters. The molecule has 0 aliphatic heterocycles. The molecule has 2 nitrogen and oxygen atoms in total. The molecular weight excluding hydrogens is 205 g/mol. The summed E-state index contributed by atoms with van der Waals surface area (Å²) in [4.78, 5) is 2.15. The summed E-state index contributed by atoms with van der Waals surface area (Å²) in [5, 5.41) is 0. The van der Waals surface area contributed by atoms with E-state index in [2.05, 4.69) is 4.84 Å². The SMILES string of the molecule is Nc1cc(C(F)(F)F)ccc1NCl. The highest BCUT2D eigenvalue weighted by Gasteiger charge is 2.30. The normalized spacial score (nSPS) is 11.4. The van der Waals surface area contributed by atoms with Crippen LogP contribution in [0.25, 0.3) is 0 Å². The van der Waals surface area contributed by atoms with Gasteiger partial charge in [0.25, 0.3) is 0 Å². The molecule has 0 aromatic heterocycles. The molecule has 1 aromatic rings. The van der Waals surface area contributed by atoms with Crippen LogP contribution in [0, 0.1) is 0 Å². The molecule has 13 heavy (non-hydrogen) atoms. The quantitative estimate of drug-likeness (QED) is 0.553. The van der Waals surface area contributed by atoms with Gasteiger partial charge in [-0.05, 0) is 18.2 Å². The number of halogens is 4. The summed E-state index contributed by atoms with van der Waals surface area (Å²) in [6.07, 6.45) is -4.38. The van der Waals surface area contributed by atoms with Gasteiger partial charge in [-0.3, -0.25) is 4.84 Å². The molecule has 0 aliphatic carbocycles. The molecule has 0 bridgehead atoms. The van der Waals surface area contributed by atoms with Crippen molar-refractivity contribution >= 4 is 23.2 Å². The molecule has 0 unspecified atom stereocenters. The maximum absolute atomic E-state index is 12.1. The number of hydrogen-bond acceptors (Lipinski definition) is 2. The maximum Gasteiger partial charge on any atom is 0.416 e. The second-order valence-corrected chi connectivity index (χ2v) is 2.58. The summed E-state index contributed by atoms with van der Waals surface area (Å²) < 4.78 is 36.3. The first kappa shape index (κ1) is 9.98. The van der Waals surface area contributed by atoms with Gasteiger partial charge < -0.3 is 5.73 Å². The molecule has 0 spiro atoms. The van der Waals surface area contributed by atoms with Gasteiger partial charge in [0.2, 0.25) is 0 Å². The van der Waals surface area contributed by atoms with Crippen LogP contribution >= 0.6 is 11.8 Å². The van der Waals surface area contributed by atoms with E-state index in [1.165, 1.54) is 6.07 Å². The third-order valence-corrected chi connectivity index (χ3v) is 1.68. The first-order chi connectivity index (χ1) is 5.95. The van der Waals surface area contributed by atoms with Crippen LogP contribution in [0.5, 0.6) is 0 Å². The first-order valence-corrected chi connectivity index (χ1v) is 3.66. The molecule has 1 rings (SSSR count). The van der Waals surface area contributed by atoms with Crippen LogP contribution in [0.4, 0.5) is 24.5 Å². The molecule has 0 saturated carbocycles. The summed E-state index contributed by atoms with van der Waals surface area (Å²) in [7, 11) is 0. The zero-order valence-electron chi connectivity index (χ0n) is 6.32. The van der Waals surface area contributed by atoms with Crippen LogP contribution in [0.2, 0.25) is 0 Å². The van der Waals surface area contributed by atoms with E-state index >= 15 is 0 Å². The summed E-state index contributed by atoms with van der Waals surface area (Å²) in [5.41, 5.74) is 4.71. The van der Waals surface area contributed by atoms with E-state index in [-0.39, 0.29) is 11.4 Å². The average molecular weight is 211 g/mol. The Labute approximate surface area is 77.6 Å². The second-order valence-electron chi connectivity index (χ2n) is 2.39. The van der Waals surface area contributed by atoms with Gasteiger partial charge in [0.1, 0.15) is 0 Å². The van der Waals surface area contributed by atoms with Crippen molar-refractivity contribution in [3.63, 3.8) is 0 Å². The molecule has 0 fully saturated rings. The summed E-state index contributed by atoms with van der Waals surface area (Å²) in [6.45, 7) is 0. The lowest BCUT2D eigenvalue weighted by atomic mass is 10.2. The van der Waals surface area contributed by atoms with E-state index in [0.29, 0.717) is 0 Å². The Balaban J connectivity index is 3.10. The van der Waals surface area contributed by atoms with Crippen molar-refractivity contribution in [1.29, 1.82) is 0 Å². The highest BCUT2D eigenvalue weighted by molar-refractivity contribution is 6.24. The Hall–Kier alpha value is -1.10. The summed E-state index contributed by atoms with van der Waals surface area (Å²) in [5.74, 6) is 0. The molecule has 72 valence electrons. The van der Waals surface area contributed by atoms with Crippen LogP contribution in [-0.2, 0) is 6.18 Å². The van der Waals surface area contributed by atoms with Gasteiger partial charge in [-0.1, -0.05) is 0 Å². The molecule has 0 aliphatic rings. The van der Waals surface area contributed by atoms with Crippen molar-refractivity contribution in [2.45, 2.75) is 6.18 Å². The van der Waals surface area contributed by atoms with Crippen LogP contribution in [0.3, 0.4) is 0 Å². The van der Waals surface area contributed by atoms with E-state index in [0.717, 1.165) is 12.1 Å². The van der Waals surface area contributed by atoms with E-state index < -0.39 is 11.7 Å². The minimum Gasteiger partial charge on any atom is -0.397 e. The molecule has 6 heteroatoms. The van der Waals surface area contributed by atoms with Gasteiger partial charge >= 0.3 is 6.18 Å². The van der Waals surface area contributed by atoms with E-state index in [1.807, 2.05) is 0 Å². The minimum atomic E-state index is -4.38. The van der Waals surface area contributed by atoms with Crippen molar-refractivity contribution in [3.05, 3.63) is 23.8 Å². The number of anilines is 2. The molecule has 0 radical (unpaired) electrons. The molecule has 0 saturated heterocycles. The van der Waals surface area contributed by atoms with Gasteiger partial charge in [-0.2, -0.15) is 13.2 Å². The van der Waals surface area contributed by atoms with E-state index in [1.54, 1.807) is 0 Å². The summed E-state index contributed by atoms with van der Waals surface area (Å²) in [6, 6.07) is 2.90. The van der Waals surface area contributed by atoms with Crippen molar-refractivity contribution in [1.82, 2.24) is 0 Å². The fraction of sp³-hybridized carbons (Fsp3) is 0.143. The van der Waals surface area contributed by atoms with Gasteiger partial charge in [0.05, 0.1) is 16.9 Å².